The van der Waals surface area contributed by atoms with Gasteiger partial charge in [-0.3, -0.25) is 5.10 Å². The van der Waals surface area contributed by atoms with Crippen LogP contribution in [0.3, 0.4) is 0 Å². The van der Waals surface area contributed by atoms with E-state index in [-0.39, 0.29) is 0 Å². The number of rotatable bonds is 4. The molecule has 2 aromatic heterocycles. The third kappa shape index (κ3) is 2.30. The summed E-state index contributed by atoms with van der Waals surface area (Å²) >= 11 is 0. The number of aromatic amines is 1. The van der Waals surface area contributed by atoms with Crippen LogP contribution in [0.4, 0.5) is 5.69 Å². The Morgan fingerprint density at radius 1 is 1.20 bits per heavy atom. The molecule has 0 bridgehead atoms. The number of nitrogens with zero attached hydrogens (tertiary/aromatic N) is 3. The molecule has 0 spiro atoms. The second-order valence-corrected chi connectivity index (χ2v) is 4.73. The molecule has 0 aliphatic heterocycles. The van der Waals surface area contributed by atoms with E-state index in [0.29, 0.717) is 0 Å². The third-order valence-corrected chi connectivity index (χ3v) is 3.39. The standard InChI is InChI=1S/C15H17N5/c1-11-13(12(2)19-18-11)10-16-14-6-3-4-7-15(14)20-9-5-8-17-20/h3-9,16H,10H2,1-2H3,(H,18,19). The van der Waals surface area contributed by atoms with Crippen LogP contribution >= 0.6 is 0 Å². The van der Waals surface area contributed by atoms with Crippen molar-refractivity contribution in [1.29, 1.82) is 0 Å². The summed E-state index contributed by atoms with van der Waals surface area (Å²) in [5.74, 6) is 0. The van der Waals surface area contributed by atoms with Gasteiger partial charge in [0.1, 0.15) is 0 Å². The van der Waals surface area contributed by atoms with Crippen LogP contribution in [0.25, 0.3) is 5.69 Å². The number of para-hydroxylation sites is 2. The Hall–Kier alpha value is -2.56. The smallest absolute Gasteiger partial charge is 0.0876 e. The molecule has 0 radical (unpaired) electrons. The number of anilines is 1. The van der Waals surface area contributed by atoms with Crippen molar-refractivity contribution in [2.75, 3.05) is 5.32 Å². The Morgan fingerprint density at radius 3 is 2.75 bits per heavy atom. The zero-order valence-corrected chi connectivity index (χ0v) is 11.6. The summed E-state index contributed by atoms with van der Waals surface area (Å²) in [7, 11) is 0. The lowest BCUT2D eigenvalue weighted by atomic mass is 10.2. The molecule has 0 aliphatic rings. The van der Waals surface area contributed by atoms with Crippen LogP contribution < -0.4 is 5.32 Å². The predicted octanol–water partition coefficient (Wildman–Crippen LogP) is 2.82. The van der Waals surface area contributed by atoms with E-state index in [9.17, 15) is 0 Å². The maximum absolute atomic E-state index is 4.29. The highest BCUT2D eigenvalue weighted by molar-refractivity contribution is 5.60. The van der Waals surface area contributed by atoms with Crippen molar-refractivity contribution in [3.8, 4) is 5.69 Å². The first-order valence-corrected chi connectivity index (χ1v) is 6.59. The molecule has 0 saturated carbocycles. The maximum Gasteiger partial charge on any atom is 0.0876 e. The number of aromatic nitrogens is 4. The van der Waals surface area contributed by atoms with Gasteiger partial charge in [-0.25, -0.2) is 4.68 Å². The lowest BCUT2D eigenvalue weighted by Gasteiger charge is -2.12. The average Bonchev–Trinajstić information content (AvgIpc) is 3.09. The molecule has 20 heavy (non-hydrogen) atoms. The van der Waals surface area contributed by atoms with Crippen molar-refractivity contribution >= 4 is 5.69 Å². The molecule has 0 atom stereocenters. The molecule has 0 amide bonds. The van der Waals surface area contributed by atoms with Gasteiger partial charge in [0.05, 0.1) is 17.1 Å². The Kier molecular flexibility index (Phi) is 3.25. The summed E-state index contributed by atoms with van der Waals surface area (Å²) in [6.07, 6.45) is 3.72. The molecule has 0 aliphatic carbocycles. The fourth-order valence-electron chi connectivity index (χ4n) is 2.25. The van der Waals surface area contributed by atoms with Gasteiger partial charge in [0.15, 0.2) is 0 Å². The molecular formula is C15H17N5. The van der Waals surface area contributed by atoms with Gasteiger partial charge in [0.2, 0.25) is 0 Å². The summed E-state index contributed by atoms with van der Waals surface area (Å²) < 4.78 is 1.86. The van der Waals surface area contributed by atoms with Crippen molar-refractivity contribution in [3.05, 3.63) is 59.7 Å². The average molecular weight is 267 g/mol. The van der Waals surface area contributed by atoms with Gasteiger partial charge >= 0.3 is 0 Å². The quantitative estimate of drug-likeness (QED) is 0.764. The number of benzene rings is 1. The SMILES string of the molecule is Cc1n[nH]c(C)c1CNc1ccccc1-n1cccn1. The van der Waals surface area contributed by atoms with Crippen molar-refractivity contribution in [2.45, 2.75) is 20.4 Å². The summed E-state index contributed by atoms with van der Waals surface area (Å²) in [6, 6.07) is 10.0. The zero-order valence-electron chi connectivity index (χ0n) is 11.6. The minimum atomic E-state index is 0.743. The minimum Gasteiger partial charge on any atom is -0.379 e. The highest BCUT2D eigenvalue weighted by atomic mass is 15.3. The van der Waals surface area contributed by atoms with E-state index in [4.69, 9.17) is 0 Å². The molecule has 5 heteroatoms. The summed E-state index contributed by atoms with van der Waals surface area (Å²) in [4.78, 5) is 0. The third-order valence-electron chi connectivity index (χ3n) is 3.39. The van der Waals surface area contributed by atoms with Crippen molar-refractivity contribution in [1.82, 2.24) is 20.0 Å². The highest BCUT2D eigenvalue weighted by Gasteiger charge is 2.08. The second-order valence-electron chi connectivity index (χ2n) is 4.73. The van der Waals surface area contributed by atoms with E-state index >= 15 is 0 Å². The minimum absolute atomic E-state index is 0.743. The Morgan fingerprint density at radius 2 is 2.05 bits per heavy atom. The van der Waals surface area contributed by atoms with E-state index in [2.05, 4.69) is 26.7 Å². The van der Waals surface area contributed by atoms with Crippen LogP contribution in [0.5, 0.6) is 0 Å². The number of hydrogen-bond acceptors (Lipinski definition) is 3. The van der Waals surface area contributed by atoms with Crippen LogP contribution in [0, 0.1) is 13.8 Å². The zero-order chi connectivity index (χ0) is 13.9. The topological polar surface area (TPSA) is 58.5 Å². The fraction of sp³-hybridized carbons (Fsp3) is 0.200. The van der Waals surface area contributed by atoms with Gasteiger partial charge in [-0.15, -0.1) is 0 Å². The van der Waals surface area contributed by atoms with Gasteiger partial charge < -0.3 is 5.32 Å². The lowest BCUT2D eigenvalue weighted by molar-refractivity contribution is 0.879. The second kappa shape index (κ2) is 5.21. The van der Waals surface area contributed by atoms with E-state index in [1.165, 1.54) is 5.56 Å². The van der Waals surface area contributed by atoms with E-state index in [1.807, 2.05) is 49.0 Å². The monoisotopic (exact) mass is 267 g/mol. The lowest BCUT2D eigenvalue weighted by Crippen LogP contribution is -2.05. The van der Waals surface area contributed by atoms with Crippen molar-refractivity contribution in [3.63, 3.8) is 0 Å². The summed E-state index contributed by atoms with van der Waals surface area (Å²) in [5, 5.41) is 15.0. The van der Waals surface area contributed by atoms with Crippen LogP contribution in [0.2, 0.25) is 0 Å². The van der Waals surface area contributed by atoms with Crippen LogP contribution in [-0.2, 0) is 6.54 Å². The first-order chi connectivity index (χ1) is 9.75. The molecule has 3 rings (SSSR count). The Bertz CT molecular complexity index is 677. The molecule has 0 fully saturated rings. The number of nitrogens with one attached hydrogen (secondary N) is 2. The van der Waals surface area contributed by atoms with Crippen molar-refractivity contribution in [2.24, 2.45) is 0 Å². The molecule has 1 aromatic carbocycles. The molecular weight excluding hydrogens is 250 g/mol. The summed E-state index contributed by atoms with van der Waals surface area (Å²) in [5.41, 5.74) is 5.44. The van der Waals surface area contributed by atoms with E-state index in [1.54, 1.807) is 6.20 Å². The Balaban J connectivity index is 1.85. The molecule has 0 saturated heterocycles. The normalized spacial score (nSPS) is 10.7. The molecule has 102 valence electrons. The molecule has 0 unspecified atom stereocenters. The predicted molar refractivity (Wildman–Crippen MR) is 79.0 cm³/mol. The van der Waals surface area contributed by atoms with Gasteiger partial charge in [0.25, 0.3) is 0 Å². The van der Waals surface area contributed by atoms with E-state index < -0.39 is 0 Å². The van der Waals surface area contributed by atoms with Gasteiger partial charge in [0, 0.05) is 30.2 Å². The summed E-state index contributed by atoms with van der Waals surface area (Å²) in [6.45, 7) is 4.79. The first-order valence-electron chi connectivity index (χ1n) is 6.59. The first kappa shape index (κ1) is 12.5. The van der Waals surface area contributed by atoms with Crippen LogP contribution in [0.1, 0.15) is 17.0 Å². The number of hydrogen-bond donors (Lipinski definition) is 2. The van der Waals surface area contributed by atoms with Gasteiger partial charge in [-0.1, -0.05) is 12.1 Å². The molecule has 2 heterocycles. The van der Waals surface area contributed by atoms with E-state index in [0.717, 1.165) is 29.3 Å². The number of H-pyrrole nitrogens is 1. The van der Waals surface area contributed by atoms with Crippen molar-refractivity contribution < 1.29 is 0 Å². The molecule has 3 aromatic rings. The highest BCUT2D eigenvalue weighted by Crippen LogP contribution is 2.20. The maximum atomic E-state index is 4.29. The fourth-order valence-corrected chi connectivity index (χ4v) is 2.25. The van der Waals surface area contributed by atoms with Crippen LogP contribution in [0.15, 0.2) is 42.7 Å². The molecule has 5 nitrogen and oxygen atoms in total. The Labute approximate surface area is 117 Å². The van der Waals surface area contributed by atoms with Crippen LogP contribution in [-0.4, -0.2) is 20.0 Å². The largest absolute Gasteiger partial charge is 0.379 e. The molecule has 2 N–H and O–H groups in total. The van der Waals surface area contributed by atoms with Gasteiger partial charge in [-0.2, -0.15) is 10.2 Å². The van der Waals surface area contributed by atoms with Gasteiger partial charge in [-0.05, 0) is 32.0 Å². The number of aryl methyl sites for hydroxylation is 2.